The largest absolute Gasteiger partial charge is 0.496 e. The summed E-state index contributed by atoms with van der Waals surface area (Å²) in [6.07, 6.45) is 0. The van der Waals surface area contributed by atoms with Crippen LogP contribution in [0.15, 0.2) is 30.3 Å². The van der Waals surface area contributed by atoms with Crippen molar-refractivity contribution in [2.45, 2.75) is 6.92 Å². The molecule has 0 bridgehead atoms. The van der Waals surface area contributed by atoms with Gasteiger partial charge in [-0.15, -0.1) is 0 Å². The number of hydrogen-bond acceptors (Lipinski definition) is 3. The summed E-state index contributed by atoms with van der Waals surface area (Å²) in [6, 6.07) is 7.28. The summed E-state index contributed by atoms with van der Waals surface area (Å²) >= 11 is 0. The predicted octanol–water partition coefficient (Wildman–Crippen LogP) is 2.90. The van der Waals surface area contributed by atoms with E-state index in [9.17, 15) is 9.18 Å². The summed E-state index contributed by atoms with van der Waals surface area (Å²) in [6.45, 7) is 1.71. The Kier molecular flexibility index (Phi) is 3.46. The van der Waals surface area contributed by atoms with Gasteiger partial charge in [0.15, 0.2) is 0 Å². The number of nitrogens with zero attached hydrogens (tertiary/aromatic N) is 1. The van der Waals surface area contributed by atoms with Crippen LogP contribution in [0.4, 0.5) is 4.39 Å². The van der Waals surface area contributed by atoms with Crippen LogP contribution in [0.25, 0.3) is 11.3 Å². The van der Waals surface area contributed by atoms with Crippen molar-refractivity contribution in [3.05, 3.63) is 47.4 Å². The van der Waals surface area contributed by atoms with E-state index < -0.39 is 11.8 Å². The number of rotatable bonds is 3. The molecule has 0 fully saturated rings. The second kappa shape index (κ2) is 5.06. The number of methoxy groups -OCH3 is 1. The average molecular weight is 261 g/mol. The zero-order chi connectivity index (χ0) is 14.0. The van der Waals surface area contributed by atoms with Gasteiger partial charge in [0, 0.05) is 5.69 Å². The predicted molar refractivity (Wildman–Crippen MR) is 67.9 cm³/mol. The fourth-order valence-corrected chi connectivity index (χ4v) is 1.82. The highest BCUT2D eigenvalue weighted by atomic mass is 19.1. The Bertz CT molecular complexity index is 641. The molecule has 1 heterocycles. The first kappa shape index (κ1) is 13.0. The molecular weight excluding hydrogens is 249 g/mol. The lowest BCUT2D eigenvalue weighted by Crippen LogP contribution is -2.04. The quantitative estimate of drug-likeness (QED) is 0.922. The minimum absolute atomic E-state index is 0.0611. The summed E-state index contributed by atoms with van der Waals surface area (Å²) in [4.78, 5) is 15.3. The molecule has 0 spiro atoms. The zero-order valence-electron chi connectivity index (χ0n) is 10.5. The molecule has 2 rings (SSSR count). The molecule has 0 aliphatic heterocycles. The first-order valence-corrected chi connectivity index (χ1v) is 5.58. The van der Waals surface area contributed by atoms with Crippen molar-refractivity contribution >= 4 is 5.97 Å². The number of carboxylic acid groups (broad SMARTS) is 1. The number of benzene rings is 1. The van der Waals surface area contributed by atoms with Crippen molar-refractivity contribution in [2.24, 2.45) is 0 Å². The molecule has 19 heavy (non-hydrogen) atoms. The van der Waals surface area contributed by atoms with Gasteiger partial charge in [0.1, 0.15) is 11.6 Å². The first-order chi connectivity index (χ1) is 9.04. The molecular formula is C14H12FNO3. The monoisotopic (exact) mass is 261 g/mol. The highest BCUT2D eigenvalue weighted by molar-refractivity contribution is 5.95. The van der Waals surface area contributed by atoms with E-state index in [1.165, 1.54) is 25.3 Å². The number of pyridine rings is 1. The number of carbonyl (C=O) groups is 1. The van der Waals surface area contributed by atoms with Crippen LogP contribution in [0, 0.1) is 12.7 Å². The van der Waals surface area contributed by atoms with E-state index in [0.717, 1.165) is 0 Å². The maximum absolute atomic E-state index is 14.0. The van der Waals surface area contributed by atoms with Crippen molar-refractivity contribution < 1.29 is 19.0 Å². The standard InChI is InChI=1S/C14H12FNO3/c1-8-6-7-9(14(17)18)13(16-8)12-10(15)4-3-5-11(12)19-2/h3-7H,1-2H3,(H,17,18). The lowest BCUT2D eigenvalue weighted by Gasteiger charge is -2.11. The van der Waals surface area contributed by atoms with Gasteiger partial charge in [-0.1, -0.05) is 6.07 Å². The van der Waals surface area contributed by atoms with Gasteiger partial charge in [-0.05, 0) is 31.2 Å². The third-order valence-electron chi connectivity index (χ3n) is 2.70. The Morgan fingerprint density at radius 1 is 1.32 bits per heavy atom. The van der Waals surface area contributed by atoms with Gasteiger partial charge in [-0.2, -0.15) is 0 Å². The van der Waals surface area contributed by atoms with Crippen LogP contribution in [-0.4, -0.2) is 23.2 Å². The van der Waals surface area contributed by atoms with E-state index in [2.05, 4.69) is 4.98 Å². The Hall–Kier alpha value is -2.43. The fourth-order valence-electron chi connectivity index (χ4n) is 1.82. The van der Waals surface area contributed by atoms with Crippen molar-refractivity contribution in [2.75, 3.05) is 7.11 Å². The molecule has 0 atom stereocenters. The van der Waals surface area contributed by atoms with Gasteiger partial charge in [0.25, 0.3) is 0 Å². The van der Waals surface area contributed by atoms with E-state index in [1.807, 2.05) is 0 Å². The minimum Gasteiger partial charge on any atom is -0.496 e. The van der Waals surface area contributed by atoms with Crippen molar-refractivity contribution in [1.29, 1.82) is 0 Å². The summed E-state index contributed by atoms with van der Waals surface area (Å²) in [5.41, 5.74) is 0.674. The topological polar surface area (TPSA) is 59.4 Å². The van der Waals surface area contributed by atoms with E-state index in [0.29, 0.717) is 5.69 Å². The Morgan fingerprint density at radius 3 is 2.68 bits per heavy atom. The van der Waals surface area contributed by atoms with E-state index in [-0.39, 0.29) is 22.6 Å². The van der Waals surface area contributed by atoms with Crippen LogP contribution in [0.2, 0.25) is 0 Å². The molecule has 1 aromatic heterocycles. The maximum Gasteiger partial charge on any atom is 0.337 e. The normalized spacial score (nSPS) is 10.3. The van der Waals surface area contributed by atoms with Crippen molar-refractivity contribution in [1.82, 2.24) is 4.98 Å². The number of ether oxygens (including phenoxy) is 1. The van der Waals surface area contributed by atoms with Gasteiger partial charge in [0.2, 0.25) is 0 Å². The lowest BCUT2D eigenvalue weighted by molar-refractivity contribution is 0.0697. The number of aromatic carboxylic acids is 1. The summed E-state index contributed by atoms with van der Waals surface area (Å²) in [5.74, 6) is -1.48. The molecule has 5 heteroatoms. The SMILES string of the molecule is COc1cccc(F)c1-c1nc(C)ccc1C(=O)O. The van der Waals surface area contributed by atoms with Crippen LogP contribution in [0.1, 0.15) is 16.1 Å². The molecule has 0 unspecified atom stereocenters. The van der Waals surface area contributed by atoms with Gasteiger partial charge in [-0.25, -0.2) is 9.18 Å². The van der Waals surface area contributed by atoms with Crippen LogP contribution in [0.5, 0.6) is 5.75 Å². The van der Waals surface area contributed by atoms with E-state index in [4.69, 9.17) is 9.84 Å². The zero-order valence-corrected chi connectivity index (χ0v) is 10.5. The van der Waals surface area contributed by atoms with Crippen LogP contribution in [-0.2, 0) is 0 Å². The molecule has 0 saturated heterocycles. The highest BCUT2D eigenvalue weighted by Gasteiger charge is 2.20. The van der Waals surface area contributed by atoms with Crippen molar-refractivity contribution in [3.63, 3.8) is 0 Å². The Morgan fingerprint density at radius 2 is 2.05 bits per heavy atom. The molecule has 0 aliphatic rings. The minimum atomic E-state index is -1.16. The van der Waals surface area contributed by atoms with E-state index in [1.54, 1.807) is 19.1 Å². The summed E-state index contributed by atoms with van der Waals surface area (Å²) in [7, 11) is 1.40. The first-order valence-electron chi connectivity index (χ1n) is 5.58. The fraction of sp³-hybridized carbons (Fsp3) is 0.143. The smallest absolute Gasteiger partial charge is 0.337 e. The number of aryl methyl sites for hydroxylation is 1. The number of aromatic nitrogens is 1. The van der Waals surface area contributed by atoms with E-state index >= 15 is 0 Å². The number of carboxylic acids is 1. The van der Waals surface area contributed by atoms with Crippen LogP contribution >= 0.6 is 0 Å². The van der Waals surface area contributed by atoms with Gasteiger partial charge in [-0.3, -0.25) is 4.98 Å². The third kappa shape index (κ3) is 2.40. The molecule has 0 aliphatic carbocycles. The Labute approximate surface area is 109 Å². The lowest BCUT2D eigenvalue weighted by atomic mass is 10.0. The highest BCUT2D eigenvalue weighted by Crippen LogP contribution is 2.33. The number of halogens is 1. The number of hydrogen-bond donors (Lipinski definition) is 1. The second-order valence-electron chi connectivity index (χ2n) is 3.97. The summed E-state index contributed by atoms with van der Waals surface area (Å²) in [5, 5.41) is 9.17. The molecule has 2 aromatic rings. The van der Waals surface area contributed by atoms with Gasteiger partial charge >= 0.3 is 5.97 Å². The Balaban J connectivity index is 2.78. The van der Waals surface area contributed by atoms with Gasteiger partial charge in [0.05, 0.1) is 23.9 Å². The molecule has 0 saturated carbocycles. The molecule has 0 amide bonds. The molecule has 1 aromatic carbocycles. The third-order valence-corrected chi connectivity index (χ3v) is 2.70. The molecule has 0 radical (unpaired) electrons. The molecule has 98 valence electrons. The average Bonchev–Trinajstić information content (AvgIpc) is 2.37. The summed E-state index contributed by atoms with van der Waals surface area (Å²) < 4.78 is 19.1. The maximum atomic E-state index is 14.0. The van der Waals surface area contributed by atoms with Crippen LogP contribution < -0.4 is 4.74 Å². The molecule has 4 nitrogen and oxygen atoms in total. The van der Waals surface area contributed by atoms with Crippen LogP contribution in [0.3, 0.4) is 0 Å². The van der Waals surface area contributed by atoms with Gasteiger partial charge < -0.3 is 9.84 Å². The second-order valence-corrected chi connectivity index (χ2v) is 3.97. The van der Waals surface area contributed by atoms with Crippen molar-refractivity contribution in [3.8, 4) is 17.0 Å². The molecule has 1 N–H and O–H groups in total.